The summed E-state index contributed by atoms with van der Waals surface area (Å²) in [4.78, 5) is 0.481. The highest BCUT2D eigenvalue weighted by atomic mass is 32.1. The highest BCUT2D eigenvalue weighted by molar-refractivity contribution is 7.80. The molecule has 0 aromatic heterocycles. The highest BCUT2D eigenvalue weighted by Gasteiger charge is 1.97. The summed E-state index contributed by atoms with van der Waals surface area (Å²) >= 11 is 3.90. The molecule has 1 aromatic carbocycles. The first-order valence-electron chi connectivity index (χ1n) is 4.86. The van der Waals surface area contributed by atoms with Gasteiger partial charge in [0.25, 0.3) is 0 Å². The van der Waals surface area contributed by atoms with Gasteiger partial charge in [-0.05, 0) is 12.1 Å². The van der Waals surface area contributed by atoms with Crippen molar-refractivity contribution < 1.29 is 4.39 Å². The van der Waals surface area contributed by atoms with Crippen LogP contribution in [-0.4, -0.2) is 0 Å². The third kappa shape index (κ3) is 6.78. The van der Waals surface area contributed by atoms with Crippen LogP contribution >= 0.6 is 12.6 Å². The number of hydrogen-bond donors (Lipinski definition) is 2. The number of hydrogen-bond acceptors (Lipinski definition) is 2. The molecule has 0 saturated heterocycles. The maximum Gasteiger partial charge on any atom is 0.147 e. The topological polar surface area (TPSA) is 26.0 Å². The quantitative estimate of drug-likeness (QED) is 0.496. The predicted molar refractivity (Wildman–Crippen MR) is 65.4 cm³/mol. The van der Waals surface area contributed by atoms with Crippen LogP contribution < -0.4 is 5.73 Å². The first-order chi connectivity index (χ1) is 6.63. The summed E-state index contributed by atoms with van der Waals surface area (Å²) in [5, 5.41) is 0. The molecule has 2 N–H and O–H groups in total. The second-order valence-electron chi connectivity index (χ2n) is 2.38. The first-order valence-corrected chi connectivity index (χ1v) is 5.31. The number of nitrogen functional groups attached to an aromatic ring is 1. The molecule has 0 unspecified atom stereocenters. The van der Waals surface area contributed by atoms with Crippen LogP contribution in [0.4, 0.5) is 10.1 Å². The van der Waals surface area contributed by atoms with Gasteiger partial charge in [-0.25, -0.2) is 4.39 Å². The lowest BCUT2D eigenvalue weighted by Gasteiger charge is -1.96. The summed E-state index contributed by atoms with van der Waals surface area (Å²) < 4.78 is 12.4. The molecule has 1 aromatic rings. The predicted octanol–water partition coefficient (Wildman–Crippen LogP) is 4.14. The third-order valence-electron chi connectivity index (χ3n) is 1.03. The maximum atomic E-state index is 12.4. The number of anilines is 1. The van der Waals surface area contributed by atoms with Crippen LogP contribution in [-0.2, 0) is 0 Å². The molecule has 0 saturated carbocycles. The average molecular weight is 217 g/mol. The maximum absolute atomic E-state index is 12.4. The highest BCUT2D eigenvalue weighted by Crippen LogP contribution is 2.18. The van der Waals surface area contributed by atoms with Crippen LogP contribution in [0.3, 0.4) is 0 Å². The molecule has 0 spiro atoms. The van der Waals surface area contributed by atoms with Gasteiger partial charge in [-0.2, -0.15) is 0 Å². The van der Waals surface area contributed by atoms with E-state index in [4.69, 9.17) is 5.73 Å². The molecule has 0 heterocycles. The fourth-order valence-corrected chi connectivity index (χ4v) is 0.719. The van der Waals surface area contributed by atoms with E-state index in [0.717, 1.165) is 0 Å². The molecule has 0 atom stereocenters. The number of halogens is 1. The monoisotopic (exact) mass is 217 g/mol. The van der Waals surface area contributed by atoms with Crippen molar-refractivity contribution in [3.05, 3.63) is 24.0 Å². The number of rotatable bonds is 0. The smallest absolute Gasteiger partial charge is 0.147 e. The van der Waals surface area contributed by atoms with E-state index >= 15 is 0 Å². The summed E-state index contributed by atoms with van der Waals surface area (Å²) in [5.74, 6) is -0.414. The largest absolute Gasteiger partial charge is 0.395 e. The Kier molecular flexibility index (Phi) is 11.7. The van der Waals surface area contributed by atoms with E-state index in [1.54, 1.807) is 12.1 Å². The Morgan fingerprint density at radius 1 is 1.29 bits per heavy atom. The molecule has 0 bridgehead atoms. The zero-order valence-corrected chi connectivity index (χ0v) is 10.2. The van der Waals surface area contributed by atoms with E-state index in [9.17, 15) is 4.39 Å². The molecule has 0 fully saturated rings. The molecule has 0 radical (unpaired) electrons. The van der Waals surface area contributed by atoms with Gasteiger partial charge in [0.05, 0.1) is 5.69 Å². The Morgan fingerprint density at radius 2 is 1.71 bits per heavy atom. The number of thiol groups is 1. The SMILES string of the molecule is CC.CCC.Nc1c(F)cccc1S. The minimum Gasteiger partial charge on any atom is -0.395 e. The standard InChI is InChI=1S/C6H6FNS.C3H8.C2H6/c7-4-2-1-3-5(9)6(4)8;1-3-2;1-2/h1-3,9H,8H2;3H2,1-2H3;1-2H3. The van der Waals surface area contributed by atoms with Gasteiger partial charge >= 0.3 is 0 Å². The Hall–Kier alpha value is -0.700. The molecule has 14 heavy (non-hydrogen) atoms. The molecule has 1 rings (SSSR count). The van der Waals surface area contributed by atoms with Crippen molar-refractivity contribution in [1.82, 2.24) is 0 Å². The van der Waals surface area contributed by atoms with Gasteiger partial charge in [0.1, 0.15) is 5.82 Å². The van der Waals surface area contributed by atoms with Crippen molar-refractivity contribution >= 4 is 18.3 Å². The molecule has 0 aliphatic heterocycles. The van der Waals surface area contributed by atoms with Gasteiger partial charge in [-0.15, -0.1) is 12.6 Å². The lowest BCUT2D eigenvalue weighted by atomic mass is 10.3. The first kappa shape index (κ1) is 15.8. The lowest BCUT2D eigenvalue weighted by Crippen LogP contribution is -1.90. The van der Waals surface area contributed by atoms with Crippen LogP contribution in [0, 0.1) is 5.82 Å². The Morgan fingerprint density at radius 3 is 2.00 bits per heavy atom. The average Bonchev–Trinajstić information content (AvgIpc) is 2.19. The van der Waals surface area contributed by atoms with Gasteiger partial charge in [0.15, 0.2) is 0 Å². The zero-order valence-electron chi connectivity index (χ0n) is 9.34. The Bertz CT molecular complexity index is 218. The van der Waals surface area contributed by atoms with Crippen LogP contribution in [0.2, 0.25) is 0 Å². The molecule has 1 nitrogen and oxygen atoms in total. The van der Waals surface area contributed by atoms with Crippen molar-refractivity contribution in [2.24, 2.45) is 0 Å². The molecule has 0 aliphatic rings. The fourth-order valence-electron chi connectivity index (χ4n) is 0.526. The van der Waals surface area contributed by atoms with E-state index in [-0.39, 0.29) is 5.69 Å². The van der Waals surface area contributed by atoms with Crippen LogP contribution in [0.5, 0.6) is 0 Å². The van der Waals surface area contributed by atoms with Crippen LogP contribution in [0.25, 0.3) is 0 Å². The minimum absolute atomic E-state index is 0.112. The molecule has 3 heteroatoms. The van der Waals surface area contributed by atoms with Crippen LogP contribution in [0.15, 0.2) is 23.1 Å². The molecular formula is C11H20FNS. The van der Waals surface area contributed by atoms with Crippen molar-refractivity contribution in [1.29, 1.82) is 0 Å². The molecular weight excluding hydrogens is 197 g/mol. The Balaban J connectivity index is 0. The van der Waals surface area contributed by atoms with Gasteiger partial charge in [0.2, 0.25) is 0 Å². The third-order valence-corrected chi connectivity index (χ3v) is 1.42. The van der Waals surface area contributed by atoms with Gasteiger partial charge in [-0.1, -0.05) is 40.2 Å². The Labute approximate surface area is 91.9 Å². The summed E-state index contributed by atoms with van der Waals surface area (Å²) in [6, 6.07) is 4.50. The van der Waals surface area contributed by atoms with Crippen LogP contribution in [0.1, 0.15) is 34.1 Å². The fraction of sp³-hybridized carbons (Fsp3) is 0.455. The lowest BCUT2D eigenvalue weighted by molar-refractivity contribution is 0.629. The van der Waals surface area contributed by atoms with Gasteiger partial charge in [-0.3, -0.25) is 0 Å². The van der Waals surface area contributed by atoms with E-state index in [1.165, 1.54) is 12.5 Å². The zero-order chi connectivity index (χ0) is 11.6. The van der Waals surface area contributed by atoms with Gasteiger partial charge in [0, 0.05) is 4.90 Å². The minimum atomic E-state index is -0.414. The van der Waals surface area contributed by atoms with Crippen molar-refractivity contribution in [3.63, 3.8) is 0 Å². The van der Waals surface area contributed by atoms with Crippen molar-refractivity contribution in [2.45, 2.75) is 39.0 Å². The van der Waals surface area contributed by atoms with E-state index in [0.29, 0.717) is 4.90 Å². The second kappa shape index (κ2) is 10.4. The molecule has 0 aliphatic carbocycles. The number of benzene rings is 1. The number of para-hydroxylation sites is 1. The second-order valence-corrected chi connectivity index (χ2v) is 2.86. The normalized spacial score (nSPS) is 7.86. The van der Waals surface area contributed by atoms with E-state index in [2.05, 4.69) is 26.5 Å². The van der Waals surface area contributed by atoms with E-state index in [1.807, 2.05) is 13.8 Å². The summed E-state index contributed by atoms with van der Waals surface area (Å²) in [6.45, 7) is 8.25. The van der Waals surface area contributed by atoms with Crippen molar-refractivity contribution in [2.75, 3.05) is 5.73 Å². The van der Waals surface area contributed by atoms with Crippen molar-refractivity contribution in [3.8, 4) is 0 Å². The summed E-state index contributed by atoms with van der Waals surface area (Å²) in [5.41, 5.74) is 5.34. The van der Waals surface area contributed by atoms with Gasteiger partial charge < -0.3 is 5.73 Å². The molecule has 82 valence electrons. The number of nitrogens with two attached hydrogens (primary N) is 1. The summed E-state index contributed by atoms with van der Waals surface area (Å²) in [7, 11) is 0. The molecule has 0 amide bonds. The summed E-state index contributed by atoms with van der Waals surface area (Å²) in [6.07, 6.45) is 1.25. The van der Waals surface area contributed by atoms with E-state index < -0.39 is 5.82 Å².